The van der Waals surface area contributed by atoms with Crippen molar-refractivity contribution >= 4 is 52.5 Å². The molecular formula is C22H16ClN3O3S. The highest BCUT2D eigenvalue weighted by Crippen LogP contribution is 2.30. The smallest absolute Gasteiger partial charge is 0.270 e. The molecule has 6 nitrogen and oxygen atoms in total. The maximum Gasteiger partial charge on any atom is 0.270 e. The molecule has 1 saturated heterocycles. The van der Waals surface area contributed by atoms with Gasteiger partial charge in [0, 0.05) is 22.6 Å². The number of carbonyl (C=O) groups excluding carboxylic acids is 2. The monoisotopic (exact) mass is 437 g/mol. The maximum absolute atomic E-state index is 13.3. The molecule has 2 amide bonds. The number of amides is 2. The van der Waals surface area contributed by atoms with Crippen LogP contribution in [0.3, 0.4) is 0 Å². The average Bonchev–Trinajstić information content (AvgIpc) is 3.17. The summed E-state index contributed by atoms with van der Waals surface area (Å²) in [5.74, 6) is -0.958. The number of hydrogen-bond donors (Lipinski definition) is 2. The molecule has 1 aromatic heterocycles. The van der Waals surface area contributed by atoms with Crippen molar-refractivity contribution in [3.8, 4) is 11.4 Å². The first kappa shape index (κ1) is 19.9. The predicted octanol–water partition coefficient (Wildman–Crippen LogP) is 3.98. The molecule has 1 fully saturated rings. The van der Waals surface area contributed by atoms with Crippen LogP contribution in [-0.2, 0) is 9.59 Å². The second-order valence-electron chi connectivity index (χ2n) is 6.66. The lowest BCUT2D eigenvalue weighted by molar-refractivity contribution is -0.122. The van der Waals surface area contributed by atoms with Crippen LogP contribution in [0.4, 0.5) is 5.69 Å². The van der Waals surface area contributed by atoms with E-state index in [9.17, 15) is 14.7 Å². The minimum Gasteiger partial charge on any atom is -0.508 e. The lowest BCUT2D eigenvalue weighted by Gasteiger charge is -2.30. The lowest BCUT2D eigenvalue weighted by atomic mass is 10.1. The fraction of sp³-hybridized carbons (Fsp3) is 0.0455. The van der Waals surface area contributed by atoms with Crippen molar-refractivity contribution in [3.63, 3.8) is 0 Å². The summed E-state index contributed by atoms with van der Waals surface area (Å²) >= 11 is 11.5. The van der Waals surface area contributed by atoms with Crippen molar-refractivity contribution in [2.45, 2.75) is 6.92 Å². The summed E-state index contributed by atoms with van der Waals surface area (Å²) in [6.45, 7) is 1.78. The van der Waals surface area contributed by atoms with E-state index < -0.39 is 11.8 Å². The molecule has 30 heavy (non-hydrogen) atoms. The third-order valence-corrected chi connectivity index (χ3v) is 5.48. The zero-order valence-electron chi connectivity index (χ0n) is 15.8. The first-order valence-electron chi connectivity index (χ1n) is 9.00. The van der Waals surface area contributed by atoms with Crippen LogP contribution in [-0.4, -0.2) is 26.6 Å². The van der Waals surface area contributed by atoms with Gasteiger partial charge in [-0.3, -0.25) is 19.8 Å². The van der Waals surface area contributed by atoms with Gasteiger partial charge in [0.25, 0.3) is 11.8 Å². The molecule has 150 valence electrons. The molecule has 0 bridgehead atoms. The number of nitrogens with one attached hydrogen (secondary N) is 1. The molecular weight excluding hydrogens is 422 g/mol. The molecule has 0 aliphatic carbocycles. The van der Waals surface area contributed by atoms with Gasteiger partial charge in [0.05, 0.1) is 5.69 Å². The van der Waals surface area contributed by atoms with Crippen LogP contribution >= 0.6 is 23.8 Å². The van der Waals surface area contributed by atoms with Crippen molar-refractivity contribution in [3.05, 3.63) is 82.6 Å². The molecule has 2 aromatic carbocycles. The summed E-state index contributed by atoms with van der Waals surface area (Å²) in [5.41, 5.74) is 2.53. The number of thiocarbonyl (C=S) groups is 1. The zero-order chi connectivity index (χ0) is 21.4. The molecule has 4 rings (SSSR count). The van der Waals surface area contributed by atoms with E-state index in [-0.39, 0.29) is 16.4 Å². The van der Waals surface area contributed by atoms with Crippen LogP contribution in [0.2, 0.25) is 5.02 Å². The first-order chi connectivity index (χ1) is 14.4. The van der Waals surface area contributed by atoms with Gasteiger partial charge in [-0.25, -0.2) is 0 Å². The number of halogens is 1. The van der Waals surface area contributed by atoms with Crippen molar-refractivity contribution in [2.24, 2.45) is 0 Å². The molecule has 2 N–H and O–H groups in total. The van der Waals surface area contributed by atoms with Gasteiger partial charge in [0.15, 0.2) is 5.11 Å². The van der Waals surface area contributed by atoms with Gasteiger partial charge in [-0.2, -0.15) is 0 Å². The van der Waals surface area contributed by atoms with Gasteiger partial charge < -0.3 is 9.67 Å². The predicted molar refractivity (Wildman–Crippen MR) is 120 cm³/mol. The van der Waals surface area contributed by atoms with E-state index in [1.165, 1.54) is 11.0 Å². The van der Waals surface area contributed by atoms with Crippen LogP contribution in [0, 0.1) is 6.92 Å². The molecule has 1 aliphatic heterocycles. The van der Waals surface area contributed by atoms with E-state index >= 15 is 0 Å². The number of carbonyl (C=O) groups is 2. The fourth-order valence-electron chi connectivity index (χ4n) is 3.22. The number of rotatable bonds is 3. The van der Waals surface area contributed by atoms with Crippen molar-refractivity contribution < 1.29 is 14.7 Å². The molecule has 8 heteroatoms. The van der Waals surface area contributed by atoms with Crippen LogP contribution < -0.4 is 10.2 Å². The van der Waals surface area contributed by atoms with Gasteiger partial charge in [0.2, 0.25) is 0 Å². The first-order valence-corrected chi connectivity index (χ1v) is 9.79. The number of phenolic OH excluding ortho intramolecular Hbond substituents is 1. The van der Waals surface area contributed by atoms with E-state index in [1.54, 1.807) is 72.3 Å². The van der Waals surface area contributed by atoms with Crippen LogP contribution in [0.1, 0.15) is 11.3 Å². The second kappa shape index (κ2) is 7.78. The largest absolute Gasteiger partial charge is 0.508 e. The summed E-state index contributed by atoms with van der Waals surface area (Å²) in [7, 11) is 0. The normalized spacial score (nSPS) is 15.6. The maximum atomic E-state index is 13.3. The SMILES string of the molecule is Cc1c(Cl)cccc1N1C(=O)/C(=C/c2cccn2-c2ccc(O)cc2)C(=O)NC1=S. The molecule has 0 spiro atoms. The third kappa shape index (κ3) is 3.49. The lowest BCUT2D eigenvalue weighted by Crippen LogP contribution is -2.54. The quantitative estimate of drug-likeness (QED) is 0.369. The summed E-state index contributed by atoms with van der Waals surface area (Å²) in [6, 6.07) is 15.3. The molecule has 2 heterocycles. The topological polar surface area (TPSA) is 74.6 Å². The third-order valence-electron chi connectivity index (χ3n) is 4.78. The average molecular weight is 438 g/mol. The van der Waals surface area contributed by atoms with Crippen LogP contribution in [0.15, 0.2) is 66.4 Å². The van der Waals surface area contributed by atoms with E-state index in [0.29, 0.717) is 22.0 Å². The van der Waals surface area contributed by atoms with Gasteiger partial charge >= 0.3 is 0 Å². The Kier molecular flexibility index (Phi) is 5.15. The number of benzene rings is 2. The number of nitrogens with zero attached hydrogens (tertiary/aromatic N) is 2. The standard InChI is InChI=1S/C22H16ClN3O3S/c1-13-18(23)5-2-6-19(13)26-21(29)17(20(28)24-22(26)30)12-15-4-3-11-25(15)14-7-9-16(27)10-8-14/h2-12,27H,1H3,(H,24,28,30)/b17-12+. The summed E-state index contributed by atoms with van der Waals surface area (Å²) < 4.78 is 1.80. The molecule has 0 unspecified atom stereocenters. The zero-order valence-corrected chi connectivity index (χ0v) is 17.4. The van der Waals surface area contributed by atoms with Crippen LogP contribution in [0.5, 0.6) is 5.75 Å². The Labute approximate surface area is 183 Å². The number of anilines is 1. The molecule has 0 saturated carbocycles. The van der Waals surface area contributed by atoms with E-state index in [0.717, 1.165) is 5.69 Å². The highest BCUT2D eigenvalue weighted by molar-refractivity contribution is 7.80. The van der Waals surface area contributed by atoms with Gasteiger partial charge in [-0.1, -0.05) is 17.7 Å². The Morgan fingerprint density at radius 1 is 1.07 bits per heavy atom. The van der Waals surface area contributed by atoms with E-state index in [4.69, 9.17) is 23.8 Å². The van der Waals surface area contributed by atoms with Crippen molar-refractivity contribution in [2.75, 3.05) is 4.90 Å². The fourth-order valence-corrected chi connectivity index (χ4v) is 3.67. The number of hydrogen-bond acceptors (Lipinski definition) is 4. The van der Waals surface area contributed by atoms with Gasteiger partial charge in [0.1, 0.15) is 11.3 Å². The minimum atomic E-state index is -0.570. The molecule has 1 aliphatic rings. The highest BCUT2D eigenvalue weighted by Gasteiger charge is 2.35. The highest BCUT2D eigenvalue weighted by atomic mass is 35.5. The second-order valence-corrected chi connectivity index (χ2v) is 7.46. The summed E-state index contributed by atoms with van der Waals surface area (Å²) in [4.78, 5) is 27.1. The molecule has 0 atom stereocenters. The van der Waals surface area contributed by atoms with E-state index in [2.05, 4.69) is 5.32 Å². The Bertz CT molecular complexity index is 1210. The minimum absolute atomic E-state index is 0.00133. The summed E-state index contributed by atoms with van der Waals surface area (Å²) in [5, 5.41) is 12.6. The molecule has 3 aromatic rings. The number of aromatic nitrogens is 1. The Morgan fingerprint density at radius 3 is 2.53 bits per heavy atom. The van der Waals surface area contributed by atoms with Crippen molar-refractivity contribution in [1.29, 1.82) is 0 Å². The Balaban J connectivity index is 1.77. The summed E-state index contributed by atoms with van der Waals surface area (Å²) in [6.07, 6.45) is 3.31. The number of phenols is 1. The number of aromatic hydroxyl groups is 1. The molecule has 0 radical (unpaired) electrons. The van der Waals surface area contributed by atoms with Gasteiger partial charge in [-0.05, 0) is 79.3 Å². The van der Waals surface area contributed by atoms with Gasteiger partial charge in [-0.15, -0.1) is 0 Å². The van der Waals surface area contributed by atoms with Crippen LogP contribution in [0.25, 0.3) is 11.8 Å². The Morgan fingerprint density at radius 2 is 1.80 bits per heavy atom. The van der Waals surface area contributed by atoms with E-state index in [1.807, 2.05) is 0 Å². The Hall–Kier alpha value is -3.42. The van der Waals surface area contributed by atoms with Crippen molar-refractivity contribution in [1.82, 2.24) is 9.88 Å².